The van der Waals surface area contributed by atoms with E-state index in [0.717, 1.165) is 24.9 Å². The highest BCUT2D eigenvalue weighted by molar-refractivity contribution is 5.75. The summed E-state index contributed by atoms with van der Waals surface area (Å²) in [5.74, 6) is 0.530. The Morgan fingerprint density at radius 3 is 2.83 bits per heavy atom. The number of amides is 1. The number of carbonyl (C=O) groups is 1. The zero-order valence-electron chi connectivity index (χ0n) is 11.6. The Bertz CT molecular complexity index is 371. The topological polar surface area (TPSA) is 60.0 Å². The fourth-order valence-corrected chi connectivity index (χ4v) is 1.79. The third-order valence-electron chi connectivity index (χ3n) is 2.83. The van der Waals surface area contributed by atoms with Crippen LogP contribution >= 0.6 is 0 Å². The number of rotatable bonds is 7. The van der Waals surface area contributed by atoms with Crippen LogP contribution < -0.4 is 11.1 Å². The summed E-state index contributed by atoms with van der Waals surface area (Å²) >= 11 is 0. The summed E-state index contributed by atoms with van der Waals surface area (Å²) in [5, 5.41) is 2.90. The van der Waals surface area contributed by atoms with Crippen LogP contribution in [0.1, 0.15) is 45.2 Å². The second-order valence-corrected chi connectivity index (χ2v) is 5.21. The van der Waals surface area contributed by atoms with E-state index in [4.69, 9.17) is 5.73 Å². The summed E-state index contributed by atoms with van der Waals surface area (Å²) in [6, 6.07) is 2.07. The van der Waals surface area contributed by atoms with E-state index in [2.05, 4.69) is 26.1 Å². The molecule has 3 N–H and O–H groups in total. The van der Waals surface area contributed by atoms with Crippen molar-refractivity contribution in [3.63, 3.8) is 0 Å². The molecular weight excluding hydrogens is 226 g/mol. The van der Waals surface area contributed by atoms with Gasteiger partial charge < -0.3 is 15.6 Å². The van der Waals surface area contributed by atoms with Crippen molar-refractivity contribution in [2.75, 3.05) is 6.54 Å². The summed E-state index contributed by atoms with van der Waals surface area (Å²) in [6.45, 7) is 7.37. The Balaban J connectivity index is 2.46. The van der Waals surface area contributed by atoms with E-state index in [-0.39, 0.29) is 11.9 Å². The highest BCUT2D eigenvalue weighted by Crippen LogP contribution is 2.15. The van der Waals surface area contributed by atoms with E-state index in [9.17, 15) is 4.79 Å². The minimum absolute atomic E-state index is 0.0508. The zero-order chi connectivity index (χ0) is 13.5. The average molecular weight is 251 g/mol. The van der Waals surface area contributed by atoms with Crippen LogP contribution in [0.5, 0.6) is 0 Å². The van der Waals surface area contributed by atoms with Gasteiger partial charge in [-0.05, 0) is 24.0 Å². The average Bonchev–Trinajstić information content (AvgIpc) is 2.75. The summed E-state index contributed by atoms with van der Waals surface area (Å²) in [7, 11) is 0. The molecule has 0 aliphatic carbocycles. The summed E-state index contributed by atoms with van der Waals surface area (Å²) in [4.78, 5) is 11.7. The lowest BCUT2D eigenvalue weighted by Gasteiger charge is -2.09. The molecule has 1 unspecified atom stereocenters. The van der Waals surface area contributed by atoms with Crippen LogP contribution in [0, 0.1) is 5.92 Å². The first-order valence-corrected chi connectivity index (χ1v) is 6.70. The Morgan fingerprint density at radius 1 is 1.50 bits per heavy atom. The van der Waals surface area contributed by atoms with Gasteiger partial charge in [0.2, 0.25) is 5.91 Å². The fraction of sp³-hybridized carbons (Fsp3) is 0.643. The highest BCUT2D eigenvalue weighted by atomic mass is 16.1. The second-order valence-electron chi connectivity index (χ2n) is 5.21. The number of nitrogens with two attached hydrogens (primary N) is 1. The van der Waals surface area contributed by atoms with Gasteiger partial charge in [0.15, 0.2) is 0 Å². The Kier molecular flexibility index (Phi) is 5.92. The third kappa shape index (κ3) is 4.92. The van der Waals surface area contributed by atoms with Gasteiger partial charge >= 0.3 is 0 Å². The molecule has 0 bridgehead atoms. The molecule has 0 aliphatic rings. The van der Waals surface area contributed by atoms with Crippen molar-refractivity contribution in [1.82, 2.24) is 9.88 Å². The lowest BCUT2D eigenvalue weighted by atomic mass is 10.1. The molecule has 1 heterocycles. The molecule has 1 aromatic heterocycles. The van der Waals surface area contributed by atoms with E-state index < -0.39 is 0 Å². The summed E-state index contributed by atoms with van der Waals surface area (Å²) in [5.41, 5.74) is 7.14. The van der Waals surface area contributed by atoms with Crippen LogP contribution in [-0.2, 0) is 11.3 Å². The Morgan fingerprint density at radius 2 is 2.22 bits per heavy atom. The molecule has 1 atom stereocenters. The van der Waals surface area contributed by atoms with Crippen molar-refractivity contribution in [3.05, 3.63) is 24.0 Å². The van der Waals surface area contributed by atoms with Crippen molar-refractivity contribution in [1.29, 1.82) is 0 Å². The molecule has 0 fully saturated rings. The van der Waals surface area contributed by atoms with Gasteiger partial charge in [0, 0.05) is 25.0 Å². The summed E-state index contributed by atoms with van der Waals surface area (Å²) < 4.78 is 1.89. The first-order valence-electron chi connectivity index (χ1n) is 6.70. The maximum absolute atomic E-state index is 11.7. The predicted octanol–water partition coefficient (Wildman–Crippen LogP) is 2.06. The molecule has 18 heavy (non-hydrogen) atoms. The van der Waals surface area contributed by atoms with Crippen molar-refractivity contribution in [3.8, 4) is 0 Å². The molecule has 4 nitrogen and oxygen atoms in total. The normalized spacial score (nSPS) is 12.7. The van der Waals surface area contributed by atoms with Gasteiger partial charge in [0.1, 0.15) is 6.54 Å². The van der Waals surface area contributed by atoms with E-state index in [1.54, 1.807) is 0 Å². The molecule has 0 saturated carbocycles. The van der Waals surface area contributed by atoms with Gasteiger partial charge in [-0.25, -0.2) is 0 Å². The van der Waals surface area contributed by atoms with Gasteiger partial charge in [-0.3, -0.25) is 4.79 Å². The van der Waals surface area contributed by atoms with Crippen LogP contribution in [0.25, 0.3) is 0 Å². The van der Waals surface area contributed by atoms with Gasteiger partial charge in [-0.15, -0.1) is 0 Å². The van der Waals surface area contributed by atoms with Gasteiger partial charge in [-0.1, -0.05) is 27.2 Å². The maximum Gasteiger partial charge on any atom is 0.239 e. The first-order chi connectivity index (χ1) is 8.52. The number of aromatic nitrogens is 1. The van der Waals surface area contributed by atoms with Crippen LogP contribution in [0.15, 0.2) is 18.5 Å². The largest absolute Gasteiger partial charge is 0.354 e. The zero-order valence-corrected chi connectivity index (χ0v) is 11.6. The molecule has 1 aromatic rings. The van der Waals surface area contributed by atoms with E-state index in [0.29, 0.717) is 12.5 Å². The number of hydrogen-bond acceptors (Lipinski definition) is 2. The fourth-order valence-electron chi connectivity index (χ4n) is 1.79. The third-order valence-corrected chi connectivity index (χ3v) is 2.83. The number of nitrogens with one attached hydrogen (secondary N) is 1. The Hall–Kier alpha value is -1.29. The molecule has 1 amide bonds. The van der Waals surface area contributed by atoms with Gasteiger partial charge in [0.05, 0.1) is 0 Å². The Labute approximate surface area is 110 Å². The van der Waals surface area contributed by atoms with Gasteiger partial charge in [0.25, 0.3) is 0 Å². The SMILES string of the molecule is CCCC(N)c1ccn(CC(=O)NCC(C)C)c1. The van der Waals surface area contributed by atoms with Crippen molar-refractivity contribution in [2.24, 2.45) is 11.7 Å². The van der Waals surface area contributed by atoms with Crippen LogP contribution in [-0.4, -0.2) is 17.0 Å². The monoisotopic (exact) mass is 251 g/mol. The lowest BCUT2D eigenvalue weighted by molar-refractivity contribution is -0.121. The second kappa shape index (κ2) is 7.21. The smallest absolute Gasteiger partial charge is 0.239 e. The maximum atomic E-state index is 11.7. The molecular formula is C14H25N3O. The molecule has 0 radical (unpaired) electrons. The minimum atomic E-state index is 0.0508. The predicted molar refractivity (Wildman–Crippen MR) is 74.1 cm³/mol. The van der Waals surface area contributed by atoms with Crippen molar-refractivity contribution < 1.29 is 4.79 Å². The molecule has 0 aliphatic heterocycles. The van der Waals surface area contributed by atoms with Gasteiger partial charge in [-0.2, -0.15) is 0 Å². The van der Waals surface area contributed by atoms with Crippen LogP contribution in [0.4, 0.5) is 0 Å². The van der Waals surface area contributed by atoms with Crippen LogP contribution in [0.3, 0.4) is 0 Å². The molecule has 0 aromatic carbocycles. The summed E-state index contributed by atoms with van der Waals surface area (Å²) in [6.07, 6.45) is 5.93. The molecule has 1 rings (SSSR count). The van der Waals surface area contributed by atoms with Crippen molar-refractivity contribution in [2.45, 2.75) is 46.2 Å². The van der Waals surface area contributed by atoms with Crippen molar-refractivity contribution >= 4 is 5.91 Å². The van der Waals surface area contributed by atoms with E-state index >= 15 is 0 Å². The molecule has 102 valence electrons. The molecule has 0 saturated heterocycles. The standard InChI is InChI=1S/C14H25N3O/c1-4-5-13(15)12-6-7-17(9-12)10-14(18)16-8-11(2)3/h6-7,9,11,13H,4-5,8,10,15H2,1-3H3,(H,16,18). The van der Waals surface area contributed by atoms with Crippen LogP contribution in [0.2, 0.25) is 0 Å². The highest BCUT2D eigenvalue weighted by Gasteiger charge is 2.08. The first kappa shape index (κ1) is 14.8. The number of hydrogen-bond donors (Lipinski definition) is 2. The van der Waals surface area contributed by atoms with E-state index in [1.807, 2.05) is 23.0 Å². The number of nitrogens with zero attached hydrogens (tertiary/aromatic N) is 1. The molecule has 0 spiro atoms. The minimum Gasteiger partial charge on any atom is -0.354 e. The van der Waals surface area contributed by atoms with E-state index in [1.165, 1.54) is 0 Å². The number of carbonyl (C=O) groups excluding carboxylic acids is 1. The quantitative estimate of drug-likeness (QED) is 0.779. The lowest BCUT2D eigenvalue weighted by Crippen LogP contribution is -2.30. The molecule has 4 heteroatoms.